The Morgan fingerprint density at radius 1 is 1.47 bits per heavy atom. The molecule has 0 aliphatic carbocycles. The highest BCUT2D eigenvalue weighted by molar-refractivity contribution is 5.38. The third kappa shape index (κ3) is 1.50. The molecule has 1 N–H and O–H groups in total. The number of nitrogens with one attached hydrogen (secondary N) is 1. The van der Waals surface area contributed by atoms with E-state index in [2.05, 4.69) is 15.0 Å². The minimum Gasteiger partial charge on any atom is -0.488 e. The van der Waals surface area contributed by atoms with E-state index in [9.17, 15) is 4.79 Å². The van der Waals surface area contributed by atoms with Crippen molar-refractivity contribution in [2.45, 2.75) is 6.92 Å². The van der Waals surface area contributed by atoms with Gasteiger partial charge in [0.05, 0.1) is 13.4 Å². The molecule has 2 aromatic rings. The minimum atomic E-state index is -0.310. The maximum absolute atomic E-state index is 11.4. The second kappa shape index (κ2) is 3.56. The third-order valence-corrected chi connectivity index (χ3v) is 2.05. The Labute approximate surface area is 85.6 Å². The topological polar surface area (TPSA) is 72.8 Å². The molecule has 6 heteroatoms. The average Bonchev–Trinajstić information content (AvgIpc) is 2.64. The lowest BCUT2D eigenvalue weighted by Crippen LogP contribution is -2.14. The summed E-state index contributed by atoms with van der Waals surface area (Å²) in [5.74, 6) is 1.36. The van der Waals surface area contributed by atoms with Gasteiger partial charge in [0.2, 0.25) is 5.75 Å². The van der Waals surface area contributed by atoms with E-state index in [4.69, 9.17) is 4.74 Å². The van der Waals surface area contributed by atoms with Crippen molar-refractivity contribution in [3.05, 3.63) is 34.9 Å². The van der Waals surface area contributed by atoms with Crippen LogP contribution in [0.5, 0.6) is 5.75 Å². The number of aromatic nitrogens is 4. The Morgan fingerprint density at radius 2 is 2.27 bits per heavy atom. The van der Waals surface area contributed by atoms with Gasteiger partial charge < -0.3 is 9.72 Å². The van der Waals surface area contributed by atoms with Gasteiger partial charge in [-0.15, -0.1) is 0 Å². The maximum atomic E-state index is 11.4. The van der Waals surface area contributed by atoms with Crippen LogP contribution < -0.4 is 10.3 Å². The number of hydrogen-bond acceptors (Lipinski definition) is 4. The van der Waals surface area contributed by atoms with Crippen LogP contribution in [0.25, 0.3) is 5.82 Å². The highest BCUT2D eigenvalue weighted by Gasteiger charge is 2.11. The number of nitrogens with zero attached hydrogens (tertiary/aromatic N) is 3. The summed E-state index contributed by atoms with van der Waals surface area (Å²) in [5, 5.41) is 0. The van der Waals surface area contributed by atoms with Crippen LogP contribution >= 0.6 is 0 Å². The highest BCUT2D eigenvalue weighted by Crippen LogP contribution is 2.15. The van der Waals surface area contributed by atoms with E-state index in [-0.39, 0.29) is 11.3 Å². The van der Waals surface area contributed by atoms with E-state index in [1.165, 1.54) is 13.4 Å². The van der Waals surface area contributed by atoms with Crippen molar-refractivity contribution in [3.63, 3.8) is 0 Å². The lowest BCUT2D eigenvalue weighted by Gasteiger charge is -2.07. The largest absolute Gasteiger partial charge is 0.488 e. The zero-order chi connectivity index (χ0) is 10.8. The van der Waals surface area contributed by atoms with Crippen LogP contribution in [0.1, 0.15) is 5.82 Å². The first kappa shape index (κ1) is 9.45. The summed E-state index contributed by atoms with van der Waals surface area (Å²) >= 11 is 0. The van der Waals surface area contributed by atoms with Crippen molar-refractivity contribution in [2.75, 3.05) is 7.11 Å². The van der Waals surface area contributed by atoms with Gasteiger partial charge in [-0.05, 0) is 6.92 Å². The first-order valence-corrected chi connectivity index (χ1v) is 4.36. The van der Waals surface area contributed by atoms with Crippen molar-refractivity contribution >= 4 is 0 Å². The molecular formula is C9H10N4O2. The number of ether oxygens (including phenoxy) is 1. The lowest BCUT2D eigenvalue weighted by molar-refractivity contribution is 0.403. The molecule has 0 aromatic carbocycles. The van der Waals surface area contributed by atoms with E-state index in [1.807, 2.05) is 6.92 Å². The molecule has 0 bridgehead atoms. The Kier molecular flexibility index (Phi) is 2.24. The molecule has 0 amide bonds. The van der Waals surface area contributed by atoms with Gasteiger partial charge in [0.25, 0.3) is 5.56 Å². The van der Waals surface area contributed by atoms with Crippen LogP contribution in [0, 0.1) is 6.92 Å². The first-order valence-electron chi connectivity index (χ1n) is 4.36. The molecule has 0 aliphatic heterocycles. The fraction of sp³-hybridized carbons (Fsp3) is 0.222. The van der Waals surface area contributed by atoms with Crippen molar-refractivity contribution in [1.29, 1.82) is 0 Å². The second-order valence-electron chi connectivity index (χ2n) is 2.93. The fourth-order valence-electron chi connectivity index (χ4n) is 1.34. The molecule has 0 spiro atoms. The van der Waals surface area contributed by atoms with Crippen molar-refractivity contribution in [1.82, 2.24) is 19.5 Å². The quantitative estimate of drug-likeness (QED) is 0.765. The number of aryl methyl sites for hydroxylation is 1. The Bertz CT molecular complexity index is 529. The van der Waals surface area contributed by atoms with Gasteiger partial charge in [-0.1, -0.05) is 0 Å². The normalized spacial score (nSPS) is 10.3. The number of H-pyrrole nitrogens is 1. The van der Waals surface area contributed by atoms with Crippen LogP contribution in [0.2, 0.25) is 0 Å². The monoisotopic (exact) mass is 206 g/mol. The summed E-state index contributed by atoms with van der Waals surface area (Å²) in [6.45, 7) is 1.82. The Hall–Kier alpha value is -2.11. The molecule has 0 fully saturated rings. The number of hydrogen-bond donors (Lipinski definition) is 1. The second-order valence-corrected chi connectivity index (χ2v) is 2.93. The van der Waals surface area contributed by atoms with Crippen LogP contribution in [0.15, 0.2) is 23.5 Å². The molecule has 0 aliphatic rings. The van der Waals surface area contributed by atoms with Crippen molar-refractivity contribution < 1.29 is 4.74 Å². The Morgan fingerprint density at radius 3 is 2.87 bits per heavy atom. The summed E-state index contributed by atoms with van der Waals surface area (Å²) in [7, 11) is 1.43. The summed E-state index contributed by atoms with van der Waals surface area (Å²) in [6, 6.07) is 0. The SMILES string of the molecule is COc1c(-n2ccnc2C)nc[nH]c1=O. The van der Waals surface area contributed by atoms with Crippen LogP contribution in [-0.4, -0.2) is 26.6 Å². The Balaban J connectivity index is 2.68. The lowest BCUT2D eigenvalue weighted by atomic mass is 10.5. The molecule has 0 saturated carbocycles. The van der Waals surface area contributed by atoms with E-state index in [0.717, 1.165) is 5.82 Å². The fourth-order valence-corrected chi connectivity index (χ4v) is 1.34. The summed E-state index contributed by atoms with van der Waals surface area (Å²) in [6.07, 6.45) is 4.69. The van der Waals surface area contributed by atoms with E-state index < -0.39 is 0 Å². The maximum Gasteiger partial charge on any atom is 0.295 e. The van der Waals surface area contributed by atoms with Gasteiger partial charge in [0, 0.05) is 12.4 Å². The molecule has 2 aromatic heterocycles. The van der Waals surface area contributed by atoms with E-state index in [0.29, 0.717) is 5.82 Å². The summed E-state index contributed by atoms with van der Waals surface area (Å²) < 4.78 is 6.69. The van der Waals surface area contributed by atoms with Gasteiger partial charge in [-0.2, -0.15) is 0 Å². The first-order chi connectivity index (χ1) is 7.24. The standard InChI is InChI=1S/C9H10N4O2/c1-6-10-3-4-13(6)8-7(15-2)9(14)12-5-11-8/h3-5H,1-2H3,(H,11,12,14). The molecule has 6 nitrogen and oxygen atoms in total. The van der Waals surface area contributed by atoms with Crippen molar-refractivity contribution in [2.24, 2.45) is 0 Å². The summed E-state index contributed by atoms with van der Waals surface area (Å²) in [5.41, 5.74) is -0.310. The van der Waals surface area contributed by atoms with Crippen LogP contribution in [-0.2, 0) is 0 Å². The highest BCUT2D eigenvalue weighted by atomic mass is 16.5. The smallest absolute Gasteiger partial charge is 0.295 e. The van der Waals surface area contributed by atoms with Crippen LogP contribution in [0.3, 0.4) is 0 Å². The van der Waals surface area contributed by atoms with Gasteiger partial charge >= 0.3 is 0 Å². The molecule has 0 atom stereocenters. The molecular weight excluding hydrogens is 196 g/mol. The summed E-state index contributed by atoms with van der Waals surface area (Å²) in [4.78, 5) is 22.0. The van der Waals surface area contributed by atoms with Gasteiger partial charge in [-0.25, -0.2) is 9.97 Å². The molecule has 0 unspecified atom stereocenters. The number of aromatic amines is 1. The number of imidazole rings is 1. The van der Waals surface area contributed by atoms with E-state index in [1.54, 1.807) is 17.0 Å². The van der Waals surface area contributed by atoms with E-state index >= 15 is 0 Å². The molecule has 15 heavy (non-hydrogen) atoms. The number of methoxy groups -OCH3 is 1. The molecule has 2 heterocycles. The number of rotatable bonds is 2. The molecule has 78 valence electrons. The van der Waals surface area contributed by atoms with Gasteiger partial charge in [-0.3, -0.25) is 9.36 Å². The zero-order valence-corrected chi connectivity index (χ0v) is 8.39. The molecule has 0 radical (unpaired) electrons. The van der Waals surface area contributed by atoms with Gasteiger partial charge in [0.15, 0.2) is 5.82 Å². The third-order valence-electron chi connectivity index (χ3n) is 2.05. The minimum absolute atomic E-state index is 0.179. The van der Waals surface area contributed by atoms with Crippen molar-refractivity contribution in [3.8, 4) is 11.6 Å². The van der Waals surface area contributed by atoms with Crippen LogP contribution in [0.4, 0.5) is 0 Å². The average molecular weight is 206 g/mol. The predicted octanol–water partition coefficient (Wildman–Crippen LogP) is 0.273. The van der Waals surface area contributed by atoms with Gasteiger partial charge in [0.1, 0.15) is 5.82 Å². The predicted molar refractivity (Wildman–Crippen MR) is 53.3 cm³/mol. The zero-order valence-electron chi connectivity index (χ0n) is 8.39. The molecule has 2 rings (SSSR count). The molecule has 0 saturated heterocycles.